The molecule has 5 heteroatoms. The first-order valence-electron chi connectivity index (χ1n) is 13.7. The second kappa shape index (κ2) is 9.20. The topological polar surface area (TPSA) is 70.3 Å². The van der Waals surface area contributed by atoms with Crippen molar-refractivity contribution in [3.8, 4) is 34.8 Å². The molecule has 3 heterocycles. The minimum absolute atomic E-state index is 0.315. The van der Waals surface area contributed by atoms with Crippen molar-refractivity contribution in [2.45, 2.75) is 0 Å². The lowest BCUT2D eigenvalue weighted by Gasteiger charge is -2.12. The lowest BCUT2D eigenvalue weighted by atomic mass is 10.0. The first-order valence-corrected chi connectivity index (χ1v) is 13.7. The molecule has 0 N–H and O–H groups in total. The van der Waals surface area contributed by atoms with Crippen LogP contribution in [0.15, 0.2) is 127 Å². The van der Waals surface area contributed by atoms with Gasteiger partial charge >= 0.3 is 0 Å². The fourth-order valence-corrected chi connectivity index (χ4v) is 6.22. The Morgan fingerprint density at radius 1 is 0.524 bits per heavy atom. The van der Waals surface area contributed by atoms with Crippen LogP contribution < -0.4 is 0 Å². The van der Waals surface area contributed by atoms with Crippen LogP contribution in [0.5, 0.6) is 0 Å². The highest BCUT2D eigenvalue weighted by molar-refractivity contribution is 6.26. The number of pyridine rings is 1. The summed E-state index contributed by atoms with van der Waals surface area (Å²) < 4.78 is 4.50. The molecule has 0 aliphatic heterocycles. The fourth-order valence-electron chi connectivity index (χ4n) is 6.22. The zero-order valence-electron chi connectivity index (χ0n) is 22.4. The number of aromatic nitrogens is 3. The van der Waals surface area contributed by atoms with Gasteiger partial charge < -0.3 is 4.57 Å². The largest absolute Gasteiger partial charge is 0.309 e. The smallest absolute Gasteiger partial charge is 0.143 e. The quantitative estimate of drug-likeness (QED) is 0.227. The van der Waals surface area contributed by atoms with E-state index >= 15 is 0 Å². The Hall–Kier alpha value is -6.17. The van der Waals surface area contributed by atoms with Gasteiger partial charge in [0.2, 0.25) is 0 Å². The van der Waals surface area contributed by atoms with Gasteiger partial charge in [0, 0.05) is 27.2 Å². The summed E-state index contributed by atoms with van der Waals surface area (Å²) in [7, 11) is 0. The lowest BCUT2D eigenvalue weighted by molar-refractivity contribution is 1.07. The highest BCUT2D eigenvalue weighted by Gasteiger charge is 2.21. The van der Waals surface area contributed by atoms with Crippen molar-refractivity contribution in [3.63, 3.8) is 0 Å². The highest BCUT2D eigenvalue weighted by Crippen LogP contribution is 2.42. The predicted molar refractivity (Wildman–Crippen MR) is 168 cm³/mol. The number of rotatable bonds is 3. The van der Waals surface area contributed by atoms with Crippen molar-refractivity contribution < 1.29 is 0 Å². The van der Waals surface area contributed by atoms with E-state index in [9.17, 15) is 10.5 Å². The SMILES string of the molecule is N#Cc1cccc(-c2cc(C#N)nc(-n3c4ccccc4c4ccc5c(c6ccccc6n5-c5ccccc5)c43)c2)c1. The Morgan fingerprint density at radius 2 is 1.26 bits per heavy atom. The molecule has 0 atom stereocenters. The van der Waals surface area contributed by atoms with Crippen LogP contribution in [0.1, 0.15) is 11.3 Å². The molecule has 0 saturated carbocycles. The molecule has 0 saturated heterocycles. The van der Waals surface area contributed by atoms with Gasteiger partial charge in [-0.15, -0.1) is 0 Å². The molecule has 0 unspecified atom stereocenters. The minimum atomic E-state index is 0.315. The molecule has 0 amide bonds. The van der Waals surface area contributed by atoms with Crippen LogP contribution in [-0.4, -0.2) is 14.1 Å². The molecule has 0 bridgehead atoms. The van der Waals surface area contributed by atoms with E-state index in [0.29, 0.717) is 17.1 Å². The molecular weight excluding hydrogens is 514 g/mol. The molecular formula is C37H21N5. The van der Waals surface area contributed by atoms with Crippen molar-refractivity contribution in [1.29, 1.82) is 10.5 Å². The summed E-state index contributed by atoms with van der Waals surface area (Å²) in [6.45, 7) is 0. The molecule has 0 radical (unpaired) electrons. The first kappa shape index (κ1) is 23.7. The van der Waals surface area contributed by atoms with Gasteiger partial charge in [0.25, 0.3) is 0 Å². The summed E-state index contributed by atoms with van der Waals surface area (Å²) in [6.07, 6.45) is 0. The molecule has 194 valence electrons. The summed E-state index contributed by atoms with van der Waals surface area (Å²) in [4.78, 5) is 4.84. The maximum Gasteiger partial charge on any atom is 0.143 e. The van der Waals surface area contributed by atoms with E-state index in [1.807, 2.05) is 36.4 Å². The molecule has 5 aromatic carbocycles. The maximum absolute atomic E-state index is 10.0. The van der Waals surface area contributed by atoms with Gasteiger partial charge in [-0.3, -0.25) is 4.57 Å². The number of hydrogen-bond acceptors (Lipinski definition) is 3. The van der Waals surface area contributed by atoms with Crippen molar-refractivity contribution in [3.05, 3.63) is 139 Å². The summed E-state index contributed by atoms with van der Waals surface area (Å²) in [5.74, 6) is 0.654. The van der Waals surface area contributed by atoms with Gasteiger partial charge in [-0.2, -0.15) is 10.5 Å². The fraction of sp³-hybridized carbons (Fsp3) is 0. The highest BCUT2D eigenvalue weighted by atomic mass is 15.1. The second-order valence-electron chi connectivity index (χ2n) is 10.3. The standard InChI is InChI=1S/C37H21N5/c38-22-24-9-8-10-25(19-24)26-20-27(23-39)40-35(21-26)42-32-15-6-4-13-29(32)30-17-18-34-36(37(30)42)31-14-5-7-16-33(31)41(34)28-11-2-1-3-12-28/h1-21H. The summed E-state index contributed by atoms with van der Waals surface area (Å²) in [5.41, 5.74) is 7.93. The summed E-state index contributed by atoms with van der Waals surface area (Å²) >= 11 is 0. The van der Waals surface area contributed by atoms with Gasteiger partial charge in [-0.1, -0.05) is 72.8 Å². The van der Waals surface area contributed by atoms with Gasteiger partial charge in [-0.05, 0) is 65.7 Å². The molecule has 5 nitrogen and oxygen atoms in total. The van der Waals surface area contributed by atoms with Crippen LogP contribution in [0.25, 0.3) is 66.2 Å². The van der Waals surface area contributed by atoms with Crippen molar-refractivity contribution in [2.24, 2.45) is 0 Å². The van der Waals surface area contributed by atoms with Gasteiger partial charge in [0.15, 0.2) is 0 Å². The number of nitriles is 2. The zero-order valence-corrected chi connectivity index (χ0v) is 22.4. The van der Waals surface area contributed by atoms with Crippen LogP contribution in [0.3, 0.4) is 0 Å². The third-order valence-corrected chi connectivity index (χ3v) is 7.96. The number of hydrogen-bond donors (Lipinski definition) is 0. The molecule has 42 heavy (non-hydrogen) atoms. The summed E-state index contributed by atoms with van der Waals surface area (Å²) in [6, 6.07) is 47.4. The molecule has 0 aliphatic rings. The Balaban J connectivity index is 1.54. The van der Waals surface area contributed by atoms with E-state index in [0.717, 1.165) is 60.4 Å². The van der Waals surface area contributed by atoms with E-state index in [1.54, 1.807) is 12.1 Å². The Kier molecular flexibility index (Phi) is 5.19. The van der Waals surface area contributed by atoms with Crippen LogP contribution in [0, 0.1) is 22.7 Å². The van der Waals surface area contributed by atoms with E-state index in [2.05, 4.69) is 100 Å². The molecule has 0 fully saturated rings. The molecule has 0 spiro atoms. The van der Waals surface area contributed by atoms with E-state index in [4.69, 9.17) is 4.98 Å². The third kappa shape index (κ3) is 3.45. The lowest BCUT2D eigenvalue weighted by Crippen LogP contribution is -2.00. The molecule has 8 aromatic rings. The second-order valence-corrected chi connectivity index (χ2v) is 10.3. The normalized spacial score (nSPS) is 11.3. The summed E-state index contributed by atoms with van der Waals surface area (Å²) in [5, 5.41) is 24.0. The number of fused-ring (bicyclic) bond motifs is 7. The van der Waals surface area contributed by atoms with Crippen LogP contribution in [0.4, 0.5) is 0 Å². The Labute approximate surface area is 241 Å². The van der Waals surface area contributed by atoms with E-state index < -0.39 is 0 Å². The van der Waals surface area contributed by atoms with E-state index in [-0.39, 0.29) is 0 Å². The predicted octanol–water partition coefficient (Wildman–Crippen LogP) is 8.69. The molecule has 3 aromatic heterocycles. The molecule has 8 rings (SSSR count). The zero-order chi connectivity index (χ0) is 28.2. The minimum Gasteiger partial charge on any atom is -0.309 e. The molecule has 0 aliphatic carbocycles. The van der Waals surface area contributed by atoms with Crippen molar-refractivity contribution in [1.82, 2.24) is 14.1 Å². The number of benzene rings is 5. The van der Waals surface area contributed by atoms with E-state index in [1.165, 1.54) is 0 Å². The van der Waals surface area contributed by atoms with Crippen molar-refractivity contribution >= 4 is 43.6 Å². The average Bonchev–Trinajstić information content (AvgIpc) is 3.58. The number of para-hydroxylation sites is 3. The van der Waals surface area contributed by atoms with Crippen LogP contribution in [-0.2, 0) is 0 Å². The van der Waals surface area contributed by atoms with Crippen molar-refractivity contribution in [2.75, 3.05) is 0 Å². The Morgan fingerprint density at radius 3 is 2.05 bits per heavy atom. The number of nitrogens with zero attached hydrogens (tertiary/aromatic N) is 5. The third-order valence-electron chi connectivity index (χ3n) is 7.96. The van der Waals surface area contributed by atoms with Crippen LogP contribution in [0.2, 0.25) is 0 Å². The monoisotopic (exact) mass is 535 g/mol. The van der Waals surface area contributed by atoms with Gasteiger partial charge in [-0.25, -0.2) is 4.98 Å². The maximum atomic E-state index is 10.0. The Bertz CT molecular complexity index is 2430. The van der Waals surface area contributed by atoms with Gasteiger partial charge in [0.1, 0.15) is 17.6 Å². The first-order chi connectivity index (χ1) is 20.7. The van der Waals surface area contributed by atoms with Gasteiger partial charge in [0.05, 0.1) is 33.7 Å². The van der Waals surface area contributed by atoms with Crippen LogP contribution >= 0.6 is 0 Å². The average molecular weight is 536 g/mol.